The zero-order valence-corrected chi connectivity index (χ0v) is 14.7. The first-order valence-corrected chi connectivity index (χ1v) is 8.73. The van der Waals surface area contributed by atoms with Gasteiger partial charge in [0.25, 0.3) is 0 Å². The molecule has 1 aliphatic carbocycles. The van der Waals surface area contributed by atoms with Crippen molar-refractivity contribution in [3.63, 3.8) is 0 Å². The number of fused-ring (bicyclic) bond motifs is 2. The van der Waals surface area contributed by atoms with E-state index in [2.05, 4.69) is 32.6 Å². The van der Waals surface area contributed by atoms with Crippen molar-refractivity contribution in [2.75, 3.05) is 0 Å². The average molecular weight is 318 g/mol. The van der Waals surface area contributed by atoms with Crippen molar-refractivity contribution < 1.29 is 14.6 Å². The third kappa shape index (κ3) is 4.81. The summed E-state index contributed by atoms with van der Waals surface area (Å²) in [7, 11) is 0. The predicted octanol–water partition coefficient (Wildman–Crippen LogP) is 4.47. The van der Waals surface area contributed by atoms with Crippen LogP contribution in [-0.2, 0) is 9.53 Å². The molecule has 1 saturated heterocycles. The first-order chi connectivity index (χ1) is 10.8. The van der Waals surface area contributed by atoms with Crippen molar-refractivity contribution in [1.29, 1.82) is 0 Å². The fourth-order valence-corrected chi connectivity index (χ4v) is 3.42. The van der Waals surface area contributed by atoms with E-state index in [1.54, 1.807) is 6.92 Å². The van der Waals surface area contributed by atoms with Crippen molar-refractivity contribution in [3.8, 4) is 0 Å². The lowest BCUT2D eigenvalue weighted by Gasteiger charge is -2.38. The Kier molecular flexibility index (Phi) is 5.85. The molecule has 128 valence electrons. The summed E-state index contributed by atoms with van der Waals surface area (Å²) < 4.78 is 5.47. The van der Waals surface area contributed by atoms with Crippen LogP contribution in [0.25, 0.3) is 0 Å². The number of carbonyl (C=O) groups excluding carboxylic acids is 1. The Labute approximate surface area is 140 Å². The topological polar surface area (TPSA) is 46.5 Å². The maximum Gasteiger partial charge on any atom is 0.334 e. The number of rotatable bonds is 0. The summed E-state index contributed by atoms with van der Waals surface area (Å²) in [6.07, 6.45) is 10.1. The Bertz CT molecular complexity index is 525. The molecule has 0 spiro atoms. The standard InChI is InChI=1S/C20H30O3/c1-14-7-5-8-15(2)10-11-17-13-18(23-19(21)16(17)3)20(4,22)12-6-9-14/h8-9,17-18,22H,3,5-7,10-13H2,1-2,4H3. The summed E-state index contributed by atoms with van der Waals surface area (Å²) in [5.74, 6) is -0.233. The van der Waals surface area contributed by atoms with Gasteiger partial charge in [-0.15, -0.1) is 0 Å². The van der Waals surface area contributed by atoms with Crippen LogP contribution in [0.2, 0.25) is 0 Å². The summed E-state index contributed by atoms with van der Waals surface area (Å²) in [6, 6.07) is 0. The first-order valence-electron chi connectivity index (χ1n) is 8.73. The minimum atomic E-state index is -0.986. The second kappa shape index (κ2) is 7.48. The van der Waals surface area contributed by atoms with Gasteiger partial charge in [0.1, 0.15) is 6.10 Å². The molecule has 3 atom stereocenters. The summed E-state index contributed by atoms with van der Waals surface area (Å²) in [6.45, 7) is 10.0. The number of hydrogen-bond acceptors (Lipinski definition) is 3. The second-order valence-electron chi connectivity index (χ2n) is 7.43. The molecular weight excluding hydrogens is 288 g/mol. The van der Waals surface area contributed by atoms with Crippen LogP contribution in [0.3, 0.4) is 0 Å². The molecule has 1 N–H and O–H groups in total. The monoisotopic (exact) mass is 318 g/mol. The van der Waals surface area contributed by atoms with Crippen LogP contribution in [0, 0.1) is 5.92 Å². The van der Waals surface area contributed by atoms with Crippen molar-refractivity contribution in [2.45, 2.75) is 77.4 Å². The van der Waals surface area contributed by atoms with Gasteiger partial charge in [-0.1, -0.05) is 29.9 Å². The molecular formula is C20H30O3. The predicted molar refractivity (Wildman–Crippen MR) is 93.0 cm³/mol. The molecule has 3 unspecified atom stereocenters. The zero-order chi connectivity index (χ0) is 17.0. The van der Waals surface area contributed by atoms with Crippen molar-refractivity contribution >= 4 is 5.97 Å². The van der Waals surface area contributed by atoms with E-state index in [1.165, 1.54) is 11.1 Å². The van der Waals surface area contributed by atoms with E-state index in [4.69, 9.17) is 4.74 Å². The van der Waals surface area contributed by atoms with Crippen LogP contribution in [-0.4, -0.2) is 22.8 Å². The van der Waals surface area contributed by atoms with Gasteiger partial charge in [-0.25, -0.2) is 4.79 Å². The van der Waals surface area contributed by atoms with Gasteiger partial charge in [0.15, 0.2) is 0 Å². The fraction of sp³-hybridized carbons (Fsp3) is 0.650. The lowest BCUT2D eigenvalue weighted by atomic mass is 9.79. The van der Waals surface area contributed by atoms with Crippen LogP contribution in [0.5, 0.6) is 0 Å². The molecule has 0 amide bonds. The highest BCUT2D eigenvalue weighted by Crippen LogP contribution is 2.36. The number of aliphatic hydroxyl groups is 1. The van der Waals surface area contributed by atoms with E-state index >= 15 is 0 Å². The summed E-state index contributed by atoms with van der Waals surface area (Å²) in [5, 5.41) is 10.8. The number of allylic oxidation sites excluding steroid dienone is 4. The summed E-state index contributed by atoms with van der Waals surface area (Å²) >= 11 is 0. The van der Waals surface area contributed by atoms with Gasteiger partial charge < -0.3 is 9.84 Å². The maximum atomic E-state index is 12.1. The van der Waals surface area contributed by atoms with Crippen LogP contribution >= 0.6 is 0 Å². The minimum absolute atomic E-state index is 0.108. The lowest BCUT2D eigenvalue weighted by Crippen LogP contribution is -2.47. The molecule has 0 aromatic rings. The van der Waals surface area contributed by atoms with E-state index in [0.717, 1.165) is 32.1 Å². The summed E-state index contributed by atoms with van der Waals surface area (Å²) in [5.41, 5.74) is 2.30. The highest BCUT2D eigenvalue weighted by atomic mass is 16.6. The second-order valence-corrected chi connectivity index (χ2v) is 7.43. The summed E-state index contributed by atoms with van der Waals surface area (Å²) in [4.78, 5) is 12.1. The lowest BCUT2D eigenvalue weighted by molar-refractivity contribution is -0.168. The molecule has 3 heteroatoms. The molecule has 1 fully saturated rings. The average Bonchev–Trinajstić information content (AvgIpc) is 2.47. The smallest absolute Gasteiger partial charge is 0.334 e. The molecule has 0 aromatic carbocycles. The zero-order valence-electron chi connectivity index (χ0n) is 14.7. The molecule has 2 aliphatic rings. The maximum absolute atomic E-state index is 12.1. The minimum Gasteiger partial charge on any atom is -0.456 e. The third-order valence-corrected chi connectivity index (χ3v) is 5.26. The Balaban J connectivity index is 2.21. The van der Waals surface area contributed by atoms with Gasteiger partial charge >= 0.3 is 5.97 Å². The van der Waals surface area contributed by atoms with Crippen LogP contribution < -0.4 is 0 Å². The van der Waals surface area contributed by atoms with Gasteiger partial charge in [-0.2, -0.15) is 0 Å². The quantitative estimate of drug-likeness (QED) is 0.407. The number of carbonyl (C=O) groups is 1. The molecule has 1 aliphatic heterocycles. The highest BCUT2D eigenvalue weighted by Gasteiger charge is 2.41. The Morgan fingerprint density at radius 2 is 1.87 bits per heavy atom. The first kappa shape index (κ1) is 18.0. The van der Waals surface area contributed by atoms with E-state index in [9.17, 15) is 9.90 Å². The highest BCUT2D eigenvalue weighted by molar-refractivity contribution is 5.89. The molecule has 0 radical (unpaired) electrons. The number of esters is 1. The van der Waals surface area contributed by atoms with Crippen molar-refractivity contribution in [2.24, 2.45) is 5.92 Å². The largest absolute Gasteiger partial charge is 0.456 e. The third-order valence-electron chi connectivity index (χ3n) is 5.26. The van der Waals surface area contributed by atoms with Gasteiger partial charge in [0, 0.05) is 5.57 Å². The molecule has 2 bridgehead atoms. The van der Waals surface area contributed by atoms with E-state index < -0.39 is 11.7 Å². The van der Waals surface area contributed by atoms with Gasteiger partial charge in [0.2, 0.25) is 0 Å². The fourth-order valence-electron chi connectivity index (χ4n) is 3.42. The number of ether oxygens (including phenoxy) is 1. The molecule has 23 heavy (non-hydrogen) atoms. The van der Waals surface area contributed by atoms with Crippen LogP contribution in [0.1, 0.15) is 65.7 Å². The van der Waals surface area contributed by atoms with Gasteiger partial charge in [0.05, 0.1) is 5.60 Å². The van der Waals surface area contributed by atoms with E-state index in [-0.39, 0.29) is 11.9 Å². The van der Waals surface area contributed by atoms with Gasteiger partial charge in [-0.3, -0.25) is 0 Å². The van der Waals surface area contributed by atoms with E-state index in [1.807, 2.05) is 0 Å². The van der Waals surface area contributed by atoms with Crippen LogP contribution in [0.4, 0.5) is 0 Å². The van der Waals surface area contributed by atoms with Gasteiger partial charge in [-0.05, 0) is 71.6 Å². The van der Waals surface area contributed by atoms with Crippen molar-refractivity contribution in [3.05, 3.63) is 35.5 Å². The SMILES string of the molecule is C=C1C(=O)OC2CC1CCC(C)=CCCC(C)=CCCC2(C)O. The Hall–Kier alpha value is -1.35. The Morgan fingerprint density at radius 1 is 1.22 bits per heavy atom. The molecule has 0 saturated carbocycles. The van der Waals surface area contributed by atoms with E-state index in [0.29, 0.717) is 18.4 Å². The molecule has 0 aromatic heterocycles. The molecule has 3 nitrogen and oxygen atoms in total. The number of hydrogen-bond donors (Lipinski definition) is 1. The molecule has 1 heterocycles. The van der Waals surface area contributed by atoms with Crippen LogP contribution in [0.15, 0.2) is 35.5 Å². The Morgan fingerprint density at radius 3 is 2.61 bits per heavy atom. The normalized spacial score (nSPS) is 34.1. The van der Waals surface area contributed by atoms with Crippen molar-refractivity contribution in [1.82, 2.24) is 0 Å². The molecule has 2 rings (SSSR count).